The zero-order chi connectivity index (χ0) is 9.84. The zero-order valence-corrected chi connectivity index (χ0v) is 7.20. The van der Waals surface area contributed by atoms with Crippen molar-refractivity contribution in [2.45, 2.75) is 0 Å². The van der Waals surface area contributed by atoms with Gasteiger partial charge in [0, 0.05) is 19.7 Å². The number of aromatic amines is 1. The lowest BCUT2D eigenvalue weighted by atomic mass is 10.5. The van der Waals surface area contributed by atoms with Gasteiger partial charge in [-0.3, -0.25) is 14.3 Å². The molecular weight excluding hydrogens is 174 g/mol. The molecule has 0 aliphatic carbocycles. The summed E-state index contributed by atoms with van der Waals surface area (Å²) in [4.78, 5) is 24.5. The fourth-order valence-electron chi connectivity index (χ4n) is 0.841. The number of rotatable bonds is 3. The van der Waals surface area contributed by atoms with Crippen LogP contribution in [-0.4, -0.2) is 27.8 Å². The van der Waals surface area contributed by atoms with Gasteiger partial charge in [0.15, 0.2) is 0 Å². The molecule has 1 aromatic rings. The molecule has 0 aromatic carbocycles. The first-order chi connectivity index (χ1) is 6.15. The van der Waals surface area contributed by atoms with E-state index in [4.69, 9.17) is 5.11 Å². The Hall–Kier alpha value is -1.56. The molecule has 1 aromatic heterocycles. The molecule has 1 heterocycles. The number of aliphatic hydroxyl groups excluding tert-OH is 1. The van der Waals surface area contributed by atoms with Crippen LogP contribution in [0, 0.1) is 0 Å². The van der Waals surface area contributed by atoms with Crippen LogP contribution in [0.1, 0.15) is 0 Å². The molecule has 0 saturated carbocycles. The maximum absolute atomic E-state index is 11.1. The van der Waals surface area contributed by atoms with Gasteiger partial charge in [-0.15, -0.1) is 0 Å². The molecule has 0 fully saturated rings. The van der Waals surface area contributed by atoms with Crippen LogP contribution in [0.4, 0.5) is 5.82 Å². The molecule has 0 aliphatic rings. The van der Waals surface area contributed by atoms with Crippen LogP contribution in [0.15, 0.2) is 15.7 Å². The number of anilines is 1. The van der Waals surface area contributed by atoms with E-state index in [-0.39, 0.29) is 12.2 Å². The number of H-pyrrole nitrogens is 1. The van der Waals surface area contributed by atoms with Crippen LogP contribution in [-0.2, 0) is 7.05 Å². The summed E-state index contributed by atoms with van der Waals surface area (Å²) in [5, 5.41) is 11.2. The van der Waals surface area contributed by atoms with Crippen molar-refractivity contribution >= 4 is 5.82 Å². The number of nitrogens with zero attached hydrogens (tertiary/aromatic N) is 1. The minimum absolute atomic E-state index is 0.0583. The second-order valence-corrected chi connectivity index (χ2v) is 2.54. The molecule has 1 rings (SSSR count). The second kappa shape index (κ2) is 3.90. The molecule has 6 heteroatoms. The van der Waals surface area contributed by atoms with E-state index in [9.17, 15) is 9.59 Å². The average Bonchev–Trinajstić information content (AvgIpc) is 2.10. The van der Waals surface area contributed by atoms with Crippen LogP contribution in [0.25, 0.3) is 0 Å². The van der Waals surface area contributed by atoms with Crippen molar-refractivity contribution in [2.24, 2.45) is 7.05 Å². The molecule has 13 heavy (non-hydrogen) atoms. The lowest BCUT2D eigenvalue weighted by Crippen LogP contribution is -2.32. The fraction of sp³-hybridized carbons (Fsp3) is 0.429. The third kappa shape index (κ3) is 2.19. The van der Waals surface area contributed by atoms with Gasteiger partial charge in [0.2, 0.25) is 0 Å². The van der Waals surface area contributed by atoms with E-state index in [0.717, 1.165) is 4.57 Å². The van der Waals surface area contributed by atoms with Gasteiger partial charge in [-0.25, -0.2) is 4.79 Å². The van der Waals surface area contributed by atoms with Gasteiger partial charge in [-0.2, -0.15) is 0 Å². The smallest absolute Gasteiger partial charge is 0.329 e. The van der Waals surface area contributed by atoms with Crippen LogP contribution in [0.5, 0.6) is 0 Å². The number of hydrogen-bond acceptors (Lipinski definition) is 4. The standard InChI is InChI=1S/C7H11N3O3/c1-10-6(12)4-5(8-2-3-11)9-7(10)13/h4,8,11H,2-3H2,1H3,(H,9,13). The van der Waals surface area contributed by atoms with E-state index >= 15 is 0 Å². The summed E-state index contributed by atoms with van der Waals surface area (Å²) in [7, 11) is 1.39. The summed E-state index contributed by atoms with van der Waals surface area (Å²) in [6.07, 6.45) is 0. The first-order valence-corrected chi connectivity index (χ1v) is 3.80. The highest BCUT2D eigenvalue weighted by molar-refractivity contribution is 5.31. The van der Waals surface area contributed by atoms with Gasteiger partial charge < -0.3 is 10.4 Å². The van der Waals surface area contributed by atoms with E-state index in [2.05, 4.69) is 10.3 Å². The highest BCUT2D eigenvalue weighted by Gasteiger charge is 1.98. The van der Waals surface area contributed by atoms with Gasteiger partial charge in [0.25, 0.3) is 5.56 Å². The number of aromatic nitrogens is 2. The Morgan fingerprint density at radius 3 is 2.85 bits per heavy atom. The topological polar surface area (TPSA) is 87.1 Å². The van der Waals surface area contributed by atoms with Gasteiger partial charge in [0.1, 0.15) is 5.82 Å². The van der Waals surface area contributed by atoms with Crippen molar-refractivity contribution in [1.29, 1.82) is 0 Å². The molecule has 3 N–H and O–H groups in total. The van der Waals surface area contributed by atoms with Gasteiger partial charge >= 0.3 is 5.69 Å². The van der Waals surface area contributed by atoms with E-state index in [1.54, 1.807) is 0 Å². The first kappa shape index (κ1) is 9.53. The average molecular weight is 185 g/mol. The molecular formula is C7H11N3O3. The SMILES string of the molecule is Cn1c(=O)cc(NCCO)[nH]c1=O. The van der Waals surface area contributed by atoms with Crippen LogP contribution >= 0.6 is 0 Å². The Bertz CT molecular complexity index is 361. The number of hydrogen-bond donors (Lipinski definition) is 3. The third-order valence-electron chi connectivity index (χ3n) is 1.57. The Labute approximate surface area is 73.8 Å². The summed E-state index contributed by atoms with van der Waals surface area (Å²) in [5.74, 6) is 0.321. The van der Waals surface area contributed by atoms with Crippen molar-refractivity contribution in [3.8, 4) is 0 Å². The summed E-state index contributed by atoms with van der Waals surface area (Å²) in [6, 6.07) is 1.26. The summed E-state index contributed by atoms with van der Waals surface area (Å²) in [6.45, 7) is 0.236. The third-order valence-corrected chi connectivity index (χ3v) is 1.57. The van der Waals surface area contributed by atoms with E-state index in [1.807, 2.05) is 0 Å². The minimum atomic E-state index is -0.479. The molecule has 6 nitrogen and oxygen atoms in total. The Balaban J connectivity index is 3.00. The monoisotopic (exact) mass is 185 g/mol. The first-order valence-electron chi connectivity index (χ1n) is 3.80. The second-order valence-electron chi connectivity index (χ2n) is 2.54. The van der Waals surface area contributed by atoms with Crippen molar-refractivity contribution in [2.75, 3.05) is 18.5 Å². The lowest BCUT2D eigenvalue weighted by Gasteiger charge is -2.03. The van der Waals surface area contributed by atoms with E-state index in [1.165, 1.54) is 13.1 Å². The largest absolute Gasteiger partial charge is 0.395 e. The maximum Gasteiger partial charge on any atom is 0.329 e. The fourth-order valence-corrected chi connectivity index (χ4v) is 0.841. The number of aliphatic hydroxyl groups is 1. The summed E-state index contributed by atoms with van der Waals surface area (Å²) >= 11 is 0. The Kier molecular flexibility index (Phi) is 2.86. The summed E-state index contributed by atoms with van der Waals surface area (Å²) in [5.41, 5.74) is -0.864. The highest BCUT2D eigenvalue weighted by atomic mass is 16.3. The van der Waals surface area contributed by atoms with E-state index in [0.29, 0.717) is 12.4 Å². The molecule has 0 atom stereocenters. The van der Waals surface area contributed by atoms with Crippen molar-refractivity contribution in [1.82, 2.24) is 9.55 Å². The minimum Gasteiger partial charge on any atom is -0.395 e. The summed E-state index contributed by atoms with van der Waals surface area (Å²) < 4.78 is 0.962. The molecule has 0 unspecified atom stereocenters. The Morgan fingerprint density at radius 1 is 1.62 bits per heavy atom. The highest BCUT2D eigenvalue weighted by Crippen LogP contribution is 1.90. The molecule has 0 aliphatic heterocycles. The Morgan fingerprint density at radius 2 is 2.31 bits per heavy atom. The van der Waals surface area contributed by atoms with Crippen molar-refractivity contribution in [3.05, 3.63) is 26.9 Å². The maximum atomic E-state index is 11.1. The van der Waals surface area contributed by atoms with Crippen molar-refractivity contribution < 1.29 is 5.11 Å². The lowest BCUT2D eigenvalue weighted by molar-refractivity contribution is 0.311. The molecule has 0 saturated heterocycles. The van der Waals surface area contributed by atoms with Gasteiger partial charge in [-0.1, -0.05) is 0 Å². The van der Waals surface area contributed by atoms with Crippen LogP contribution in [0.2, 0.25) is 0 Å². The molecule has 72 valence electrons. The predicted molar refractivity (Wildman–Crippen MR) is 47.9 cm³/mol. The van der Waals surface area contributed by atoms with Crippen LogP contribution in [0.3, 0.4) is 0 Å². The normalized spacial score (nSPS) is 10.0. The molecule has 0 radical (unpaired) electrons. The molecule has 0 amide bonds. The van der Waals surface area contributed by atoms with Gasteiger partial charge in [0.05, 0.1) is 6.61 Å². The quantitative estimate of drug-likeness (QED) is 0.533. The zero-order valence-electron chi connectivity index (χ0n) is 7.20. The van der Waals surface area contributed by atoms with Crippen LogP contribution < -0.4 is 16.6 Å². The van der Waals surface area contributed by atoms with Gasteiger partial charge in [-0.05, 0) is 0 Å². The number of nitrogens with one attached hydrogen (secondary N) is 2. The van der Waals surface area contributed by atoms with Crippen molar-refractivity contribution in [3.63, 3.8) is 0 Å². The van der Waals surface area contributed by atoms with E-state index < -0.39 is 5.69 Å². The predicted octanol–water partition coefficient (Wildman–Crippen LogP) is -1.52. The molecule has 0 bridgehead atoms. The molecule has 0 spiro atoms.